The van der Waals surface area contributed by atoms with Gasteiger partial charge in [0.25, 0.3) is 5.56 Å². The predicted molar refractivity (Wildman–Crippen MR) is 43.8 cm³/mol. The van der Waals surface area contributed by atoms with Crippen molar-refractivity contribution in [1.82, 2.24) is 9.55 Å². The van der Waals surface area contributed by atoms with E-state index >= 15 is 0 Å². The molecule has 3 nitrogen and oxygen atoms in total. The Labute approximate surface area is 69.9 Å². The van der Waals surface area contributed by atoms with Crippen LogP contribution in [0.5, 0.6) is 0 Å². The van der Waals surface area contributed by atoms with Gasteiger partial charge in [0, 0.05) is 18.9 Å². The summed E-state index contributed by atoms with van der Waals surface area (Å²) in [5.41, 5.74) is 0.322. The lowest BCUT2D eigenvalue weighted by molar-refractivity contribution is 0.442. The lowest BCUT2D eigenvalue weighted by Crippen LogP contribution is -2.22. The first-order valence-corrected chi connectivity index (χ1v) is 3.83. The number of hydrogen-bond acceptors (Lipinski definition) is 2. The van der Waals surface area contributed by atoms with Crippen molar-refractivity contribution in [2.24, 2.45) is 0 Å². The Kier molecular flexibility index (Phi) is 2.96. The minimum Gasteiger partial charge on any atom is -0.312 e. The van der Waals surface area contributed by atoms with Crippen molar-refractivity contribution in [3.05, 3.63) is 28.4 Å². The quantitative estimate of drug-likeness (QED) is 0.675. The van der Waals surface area contributed by atoms with Crippen LogP contribution in [0.2, 0.25) is 0 Å². The molecule has 12 heavy (non-hydrogen) atoms. The maximum absolute atomic E-state index is 11.8. The lowest BCUT2D eigenvalue weighted by atomic mass is 10.4. The second-order valence-electron chi connectivity index (χ2n) is 2.55. The minimum absolute atomic E-state index is 0.133. The van der Waals surface area contributed by atoms with Crippen LogP contribution in [0.15, 0.2) is 17.2 Å². The summed E-state index contributed by atoms with van der Waals surface area (Å²) in [5, 5.41) is 0. The van der Waals surface area contributed by atoms with Crippen molar-refractivity contribution < 1.29 is 4.39 Å². The van der Waals surface area contributed by atoms with Gasteiger partial charge in [-0.3, -0.25) is 14.2 Å². The first-order valence-electron chi connectivity index (χ1n) is 3.83. The van der Waals surface area contributed by atoms with Crippen LogP contribution >= 0.6 is 0 Å². The fraction of sp³-hybridized carbons (Fsp3) is 0.500. The van der Waals surface area contributed by atoms with Crippen LogP contribution in [-0.4, -0.2) is 16.2 Å². The maximum atomic E-state index is 11.8. The minimum atomic E-state index is -0.395. The molecule has 0 aliphatic carbocycles. The van der Waals surface area contributed by atoms with Gasteiger partial charge < -0.3 is 4.57 Å². The van der Waals surface area contributed by atoms with Gasteiger partial charge in [0.1, 0.15) is 5.69 Å². The third-order valence-corrected chi connectivity index (χ3v) is 1.62. The van der Waals surface area contributed by atoms with Crippen LogP contribution in [0.3, 0.4) is 0 Å². The Morgan fingerprint density at radius 3 is 3.08 bits per heavy atom. The summed E-state index contributed by atoms with van der Waals surface area (Å²) >= 11 is 0. The first kappa shape index (κ1) is 8.90. The van der Waals surface area contributed by atoms with E-state index in [0.717, 1.165) is 0 Å². The van der Waals surface area contributed by atoms with E-state index in [1.807, 2.05) is 0 Å². The largest absolute Gasteiger partial charge is 0.312 e. The zero-order chi connectivity index (χ0) is 8.97. The average molecular weight is 170 g/mol. The molecular formula is C8H11FN2O. The summed E-state index contributed by atoms with van der Waals surface area (Å²) in [5.74, 6) is 0. The summed E-state index contributed by atoms with van der Waals surface area (Å²) in [6.07, 6.45) is 3.50. The van der Waals surface area contributed by atoms with Crippen LogP contribution < -0.4 is 5.56 Å². The molecule has 1 aromatic rings. The highest BCUT2D eigenvalue weighted by Gasteiger charge is 1.98. The van der Waals surface area contributed by atoms with Crippen molar-refractivity contribution in [3.8, 4) is 0 Å². The molecule has 0 fully saturated rings. The molecule has 0 amide bonds. The molecule has 0 N–H and O–H groups in total. The van der Waals surface area contributed by atoms with E-state index in [0.29, 0.717) is 18.7 Å². The molecule has 0 bridgehead atoms. The van der Waals surface area contributed by atoms with E-state index < -0.39 is 6.67 Å². The van der Waals surface area contributed by atoms with E-state index in [9.17, 15) is 9.18 Å². The highest BCUT2D eigenvalue weighted by atomic mass is 19.1. The number of halogens is 1. The van der Waals surface area contributed by atoms with Crippen molar-refractivity contribution >= 4 is 0 Å². The Bertz CT molecular complexity index is 308. The molecule has 0 atom stereocenters. The number of aromatic nitrogens is 2. The monoisotopic (exact) mass is 170 g/mol. The highest BCUT2D eigenvalue weighted by molar-refractivity contribution is 4.93. The topological polar surface area (TPSA) is 34.9 Å². The molecule has 1 heterocycles. The summed E-state index contributed by atoms with van der Waals surface area (Å²) in [6.45, 7) is 1.68. The SMILES string of the molecule is Cc1nccn(CCCF)c1=O. The second kappa shape index (κ2) is 3.99. The molecule has 66 valence electrons. The van der Waals surface area contributed by atoms with E-state index in [4.69, 9.17) is 0 Å². The van der Waals surface area contributed by atoms with Gasteiger partial charge in [0.2, 0.25) is 0 Å². The molecule has 4 heteroatoms. The standard InChI is InChI=1S/C8H11FN2O/c1-7-8(12)11(5-2-3-9)6-4-10-7/h4,6H,2-3,5H2,1H3. The fourth-order valence-electron chi connectivity index (χ4n) is 0.963. The Morgan fingerprint density at radius 2 is 2.42 bits per heavy atom. The van der Waals surface area contributed by atoms with Crippen molar-refractivity contribution in [2.75, 3.05) is 6.67 Å². The zero-order valence-corrected chi connectivity index (χ0v) is 6.96. The fourth-order valence-corrected chi connectivity index (χ4v) is 0.963. The molecule has 1 aromatic heterocycles. The summed E-state index contributed by atoms with van der Waals surface area (Å²) in [4.78, 5) is 15.1. The zero-order valence-electron chi connectivity index (χ0n) is 6.96. The van der Waals surface area contributed by atoms with E-state index in [-0.39, 0.29) is 5.56 Å². The van der Waals surface area contributed by atoms with Gasteiger partial charge in [-0.15, -0.1) is 0 Å². The number of nitrogens with zero attached hydrogens (tertiary/aromatic N) is 2. The van der Waals surface area contributed by atoms with Crippen LogP contribution in [-0.2, 0) is 6.54 Å². The predicted octanol–water partition coefficient (Wildman–Crippen LogP) is 0.911. The van der Waals surface area contributed by atoms with Crippen LogP contribution in [0.4, 0.5) is 4.39 Å². The van der Waals surface area contributed by atoms with Crippen molar-refractivity contribution in [3.63, 3.8) is 0 Å². The van der Waals surface area contributed by atoms with Crippen LogP contribution in [0.1, 0.15) is 12.1 Å². The van der Waals surface area contributed by atoms with Crippen molar-refractivity contribution in [1.29, 1.82) is 0 Å². The van der Waals surface area contributed by atoms with E-state index in [1.54, 1.807) is 19.3 Å². The molecule has 0 saturated carbocycles. The average Bonchev–Trinajstić information content (AvgIpc) is 2.08. The molecule has 1 rings (SSSR count). The molecular weight excluding hydrogens is 159 g/mol. The number of rotatable bonds is 3. The Hall–Kier alpha value is -1.19. The highest BCUT2D eigenvalue weighted by Crippen LogP contribution is 1.88. The lowest BCUT2D eigenvalue weighted by Gasteiger charge is -2.02. The maximum Gasteiger partial charge on any atom is 0.271 e. The van der Waals surface area contributed by atoms with Crippen LogP contribution in [0.25, 0.3) is 0 Å². The van der Waals surface area contributed by atoms with Gasteiger partial charge in [-0.1, -0.05) is 0 Å². The first-order chi connectivity index (χ1) is 5.75. The van der Waals surface area contributed by atoms with Gasteiger partial charge in [-0.2, -0.15) is 0 Å². The summed E-state index contributed by atoms with van der Waals surface area (Å²) < 4.78 is 13.3. The van der Waals surface area contributed by atoms with E-state index in [1.165, 1.54) is 4.57 Å². The van der Waals surface area contributed by atoms with Gasteiger partial charge in [-0.25, -0.2) is 0 Å². The van der Waals surface area contributed by atoms with Crippen LogP contribution in [0, 0.1) is 6.92 Å². The van der Waals surface area contributed by atoms with Gasteiger partial charge >= 0.3 is 0 Å². The smallest absolute Gasteiger partial charge is 0.271 e. The number of alkyl halides is 1. The summed E-state index contributed by atoms with van der Waals surface area (Å²) in [7, 11) is 0. The third-order valence-electron chi connectivity index (χ3n) is 1.62. The van der Waals surface area contributed by atoms with E-state index in [2.05, 4.69) is 4.98 Å². The molecule has 0 aromatic carbocycles. The summed E-state index contributed by atoms with van der Waals surface area (Å²) in [6, 6.07) is 0. The Morgan fingerprint density at radius 1 is 1.67 bits per heavy atom. The Balaban J connectivity index is 2.85. The molecule has 0 spiro atoms. The molecule has 0 radical (unpaired) electrons. The molecule has 0 saturated heterocycles. The molecule has 0 unspecified atom stereocenters. The van der Waals surface area contributed by atoms with Crippen molar-refractivity contribution in [2.45, 2.75) is 19.9 Å². The second-order valence-corrected chi connectivity index (χ2v) is 2.55. The molecule has 0 aliphatic heterocycles. The van der Waals surface area contributed by atoms with Gasteiger partial charge in [0.15, 0.2) is 0 Å². The third kappa shape index (κ3) is 1.90. The number of hydrogen-bond donors (Lipinski definition) is 0. The normalized spacial score (nSPS) is 10.2. The van der Waals surface area contributed by atoms with Gasteiger partial charge in [0.05, 0.1) is 6.67 Å². The van der Waals surface area contributed by atoms with Gasteiger partial charge in [-0.05, 0) is 13.3 Å². The molecule has 0 aliphatic rings. The number of aryl methyl sites for hydroxylation is 2.